The largest absolute Gasteiger partial charge is 0.324 e. The molecular formula is C24H17ClN6O. The van der Waals surface area contributed by atoms with Crippen LogP contribution in [0.4, 0.5) is 17.6 Å². The van der Waals surface area contributed by atoms with E-state index < -0.39 is 0 Å². The molecule has 0 saturated heterocycles. The second kappa shape index (κ2) is 8.49. The number of hydrogen-bond acceptors (Lipinski definition) is 5. The van der Waals surface area contributed by atoms with E-state index in [0.717, 1.165) is 28.0 Å². The molecule has 156 valence electrons. The highest BCUT2D eigenvalue weighted by molar-refractivity contribution is 6.30. The molecule has 0 fully saturated rings. The highest BCUT2D eigenvalue weighted by Gasteiger charge is 2.10. The smallest absolute Gasteiger partial charge is 0.257 e. The van der Waals surface area contributed by atoms with Crippen LogP contribution < -0.4 is 10.6 Å². The molecule has 0 bridgehead atoms. The molecule has 0 aliphatic rings. The molecule has 5 aromatic rings. The summed E-state index contributed by atoms with van der Waals surface area (Å²) in [7, 11) is 0. The van der Waals surface area contributed by atoms with Crippen molar-refractivity contribution in [1.29, 1.82) is 0 Å². The van der Waals surface area contributed by atoms with Crippen LogP contribution in [0.5, 0.6) is 0 Å². The zero-order chi connectivity index (χ0) is 21.9. The Bertz CT molecular complexity index is 1360. The summed E-state index contributed by atoms with van der Waals surface area (Å²) < 4.78 is 0. The maximum atomic E-state index is 12.6. The van der Waals surface area contributed by atoms with Crippen LogP contribution >= 0.6 is 11.6 Å². The predicted molar refractivity (Wildman–Crippen MR) is 126 cm³/mol. The first kappa shape index (κ1) is 19.7. The average molecular weight is 441 g/mol. The molecule has 2 aromatic heterocycles. The van der Waals surface area contributed by atoms with Gasteiger partial charge in [-0.1, -0.05) is 35.9 Å². The van der Waals surface area contributed by atoms with Gasteiger partial charge in [0.25, 0.3) is 5.91 Å². The zero-order valence-corrected chi connectivity index (χ0v) is 17.5. The lowest BCUT2D eigenvalue weighted by Crippen LogP contribution is -2.12. The van der Waals surface area contributed by atoms with Crippen LogP contribution in [0.2, 0.25) is 5.02 Å². The van der Waals surface area contributed by atoms with Crippen molar-refractivity contribution in [1.82, 2.24) is 19.9 Å². The lowest BCUT2D eigenvalue weighted by molar-refractivity contribution is 0.102. The van der Waals surface area contributed by atoms with E-state index >= 15 is 0 Å². The number of amides is 1. The summed E-state index contributed by atoms with van der Waals surface area (Å²) in [6.07, 6.45) is 1.69. The van der Waals surface area contributed by atoms with Crippen LogP contribution in [-0.4, -0.2) is 25.8 Å². The molecule has 0 aliphatic heterocycles. The molecule has 0 atom stereocenters. The Morgan fingerprint density at radius 3 is 2.44 bits per heavy atom. The topological polar surface area (TPSA) is 95.6 Å². The number of rotatable bonds is 5. The lowest BCUT2D eigenvalue weighted by atomic mass is 10.1. The van der Waals surface area contributed by atoms with Gasteiger partial charge in [0.2, 0.25) is 11.9 Å². The van der Waals surface area contributed by atoms with E-state index in [2.05, 4.69) is 30.6 Å². The number of aromatic nitrogens is 4. The van der Waals surface area contributed by atoms with Gasteiger partial charge in [-0.25, -0.2) is 15.0 Å². The molecule has 0 spiro atoms. The third-order valence-corrected chi connectivity index (χ3v) is 5.07. The van der Waals surface area contributed by atoms with Crippen LogP contribution in [-0.2, 0) is 0 Å². The van der Waals surface area contributed by atoms with Gasteiger partial charge in [-0.15, -0.1) is 0 Å². The number of benzene rings is 3. The SMILES string of the molecule is O=C(Nc1nc2ccccc2[nH]1)c1ccc(Nc2nccc(-c3ccc(Cl)cc3)n2)cc1. The van der Waals surface area contributed by atoms with Crippen molar-refractivity contribution in [2.24, 2.45) is 0 Å². The number of H-pyrrole nitrogens is 1. The van der Waals surface area contributed by atoms with Crippen LogP contribution in [0.15, 0.2) is 85.1 Å². The Morgan fingerprint density at radius 2 is 1.66 bits per heavy atom. The minimum absolute atomic E-state index is 0.253. The Labute approximate surface area is 188 Å². The van der Waals surface area contributed by atoms with Gasteiger partial charge in [-0.3, -0.25) is 10.1 Å². The van der Waals surface area contributed by atoms with Crippen LogP contribution in [0.1, 0.15) is 10.4 Å². The van der Waals surface area contributed by atoms with Gasteiger partial charge in [0.15, 0.2) is 0 Å². The van der Waals surface area contributed by atoms with Gasteiger partial charge in [-0.2, -0.15) is 0 Å². The first-order valence-electron chi connectivity index (χ1n) is 9.86. The van der Waals surface area contributed by atoms with Crippen LogP contribution in [0.3, 0.4) is 0 Å². The van der Waals surface area contributed by atoms with E-state index in [1.807, 2.05) is 54.6 Å². The van der Waals surface area contributed by atoms with Gasteiger partial charge < -0.3 is 10.3 Å². The third kappa shape index (κ3) is 4.28. The standard InChI is InChI=1S/C24H17ClN6O/c25-17-9-5-15(6-10-17)19-13-14-26-23(28-19)27-18-11-7-16(8-12-18)22(32)31-24-29-20-3-1-2-4-21(20)30-24/h1-14H,(H,26,27,28)(H2,29,30,31,32). The predicted octanol–water partition coefficient (Wildman–Crippen LogP) is 5.67. The van der Waals surface area contributed by atoms with Gasteiger partial charge in [-0.05, 0) is 54.6 Å². The molecule has 1 amide bonds. The lowest BCUT2D eigenvalue weighted by Gasteiger charge is -2.08. The van der Waals surface area contributed by atoms with E-state index in [9.17, 15) is 4.79 Å². The van der Waals surface area contributed by atoms with Crippen molar-refractivity contribution < 1.29 is 4.79 Å². The molecule has 0 unspecified atom stereocenters. The van der Waals surface area contributed by atoms with Crippen molar-refractivity contribution >= 4 is 46.1 Å². The average Bonchev–Trinajstić information content (AvgIpc) is 3.22. The van der Waals surface area contributed by atoms with E-state index in [0.29, 0.717) is 22.5 Å². The summed E-state index contributed by atoms with van der Waals surface area (Å²) in [5.41, 5.74) is 4.65. The first-order chi connectivity index (χ1) is 15.6. The van der Waals surface area contributed by atoms with E-state index in [-0.39, 0.29) is 5.91 Å². The number of fused-ring (bicyclic) bond motifs is 1. The molecule has 5 rings (SSSR count). The highest BCUT2D eigenvalue weighted by atomic mass is 35.5. The molecule has 3 aromatic carbocycles. The fraction of sp³-hybridized carbons (Fsp3) is 0. The third-order valence-electron chi connectivity index (χ3n) is 4.82. The minimum Gasteiger partial charge on any atom is -0.324 e. The number of nitrogens with zero attached hydrogens (tertiary/aromatic N) is 3. The molecule has 2 heterocycles. The number of nitrogens with one attached hydrogen (secondary N) is 3. The highest BCUT2D eigenvalue weighted by Crippen LogP contribution is 2.22. The molecule has 7 nitrogen and oxygen atoms in total. The molecule has 0 radical (unpaired) electrons. The second-order valence-corrected chi connectivity index (χ2v) is 7.47. The monoisotopic (exact) mass is 440 g/mol. The summed E-state index contributed by atoms with van der Waals surface area (Å²) in [6, 6.07) is 23.9. The van der Waals surface area contributed by atoms with E-state index in [4.69, 9.17) is 11.6 Å². The number of carbonyl (C=O) groups is 1. The maximum Gasteiger partial charge on any atom is 0.257 e. The molecule has 8 heteroatoms. The second-order valence-electron chi connectivity index (χ2n) is 7.03. The van der Waals surface area contributed by atoms with Crippen LogP contribution in [0, 0.1) is 0 Å². The maximum absolute atomic E-state index is 12.6. The Balaban J connectivity index is 1.28. The van der Waals surface area contributed by atoms with Crippen molar-refractivity contribution in [2.45, 2.75) is 0 Å². The number of aromatic amines is 1. The Hall–Kier alpha value is -4.23. The number of para-hydroxylation sites is 2. The molecule has 3 N–H and O–H groups in total. The summed E-state index contributed by atoms with van der Waals surface area (Å²) >= 11 is 5.96. The molecule has 0 saturated carbocycles. The number of hydrogen-bond donors (Lipinski definition) is 3. The fourth-order valence-corrected chi connectivity index (χ4v) is 3.35. The number of halogens is 1. The Kier molecular flexibility index (Phi) is 5.23. The normalized spacial score (nSPS) is 10.8. The Morgan fingerprint density at radius 1 is 0.875 bits per heavy atom. The van der Waals surface area contributed by atoms with Crippen molar-refractivity contribution in [2.75, 3.05) is 10.6 Å². The van der Waals surface area contributed by atoms with Gasteiger partial charge in [0, 0.05) is 28.0 Å². The number of carbonyl (C=O) groups excluding carboxylic acids is 1. The van der Waals surface area contributed by atoms with Gasteiger partial charge in [0.1, 0.15) is 0 Å². The van der Waals surface area contributed by atoms with Crippen LogP contribution in [0.25, 0.3) is 22.3 Å². The quantitative estimate of drug-likeness (QED) is 0.327. The van der Waals surface area contributed by atoms with E-state index in [1.165, 1.54) is 0 Å². The summed E-state index contributed by atoms with van der Waals surface area (Å²) in [6.45, 7) is 0. The summed E-state index contributed by atoms with van der Waals surface area (Å²) in [5, 5.41) is 6.62. The van der Waals surface area contributed by atoms with Gasteiger partial charge >= 0.3 is 0 Å². The van der Waals surface area contributed by atoms with Crippen molar-refractivity contribution in [3.63, 3.8) is 0 Å². The molecule has 0 aliphatic carbocycles. The molecule has 32 heavy (non-hydrogen) atoms. The van der Waals surface area contributed by atoms with Gasteiger partial charge in [0.05, 0.1) is 16.7 Å². The summed E-state index contributed by atoms with van der Waals surface area (Å²) in [4.78, 5) is 28.8. The first-order valence-corrected chi connectivity index (χ1v) is 10.2. The molecular weight excluding hydrogens is 424 g/mol. The van der Waals surface area contributed by atoms with Crippen molar-refractivity contribution in [3.8, 4) is 11.3 Å². The summed E-state index contributed by atoms with van der Waals surface area (Å²) in [5.74, 6) is 0.610. The minimum atomic E-state index is -0.253. The fourth-order valence-electron chi connectivity index (χ4n) is 3.23. The van der Waals surface area contributed by atoms with Crippen molar-refractivity contribution in [3.05, 3.63) is 95.6 Å². The van der Waals surface area contributed by atoms with E-state index in [1.54, 1.807) is 30.5 Å². The zero-order valence-electron chi connectivity index (χ0n) is 16.7. The number of anilines is 3. The number of imidazole rings is 1.